The lowest BCUT2D eigenvalue weighted by Crippen LogP contribution is -2.47. The highest BCUT2D eigenvalue weighted by Crippen LogP contribution is 2.25. The Morgan fingerprint density at radius 3 is 1.69 bits per heavy atom. The van der Waals surface area contributed by atoms with Crippen molar-refractivity contribution in [1.82, 2.24) is 20.1 Å². The molecule has 12 nitrogen and oxygen atoms in total. The number of nitrogens with zero attached hydrogens (tertiary/aromatic N) is 3. The van der Waals surface area contributed by atoms with Crippen LogP contribution in [-0.2, 0) is 0 Å². The third kappa shape index (κ3) is 9.88. The van der Waals surface area contributed by atoms with Crippen LogP contribution >= 0.6 is 12.4 Å². The molecule has 0 aliphatic carbocycles. The lowest BCUT2D eigenvalue weighted by Gasteiger charge is -2.36. The zero-order valence-corrected chi connectivity index (χ0v) is 31.2. The smallest absolute Gasteiger partial charge is 0.338 e. The topological polar surface area (TPSA) is 139 Å². The maximum atomic E-state index is 12.1. The average molecular weight is 756 g/mol. The van der Waals surface area contributed by atoms with Gasteiger partial charge in [-0.25, -0.2) is 9.59 Å². The molecule has 2 aliphatic heterocycles. The van der Waals surface area contributed by atoms with Gasteiger partial charge in [0, 0.05) is 101 Å². The molecule has 0 spiro atoms. The molecule has 286 valence electrons. The van der Waals surface area contributed by atoms with Crippen LogP contribution in [0.5, 0.6) is 0 Å². The van der Waals surface area contributed by atoms with Gasteiger partial charge in [-0.2, -0.15) is 0 Å². The maximum Gasteiger partial charge on any atom is 0.338 e. The van der Waals surface area contributed by atoms with Gasteiger partial charge in [0.15, 0.2) is 0 Å². The number of para-hydroxylation sites is 3. The van der Waals surface area contributed by atoms with Gasteiger partial charge in [-0.1, -0.05) is 42.5 Å². The summed E-state index contributed by atoms with van der Waals surface area (Å²) in [6.45, 7) is 11.8. The Balaban J connectivity index is 0.000000220. The zero-order chi connectivity index (χ0) is 36.4. The predicted molar refractivity (Wildman–Crippen MR) is 223 cm³/mol. The van der Waals surface area contributed by atoms with Crippen molar-refractivity contribution in [2.45, 2.75) is 12.8 Å². The van der Waals surface area contributed by atoms with Crippen molar-refractivity contribution in [3.8, 4) is 0 Å². The van der Waals surface area contributed by atoms with Crippen LogP contribution in [0.2, 0.25) is 0 Å². The minimum atomic E-state index is -0.338. The first-order valence-corrected chi connectivity index (χ1v) is 18.6. The Labute approximate surface area is 321 Å². The molecule has 3 aromatic heterocycles. The van der Waals surface area contributed by atoms with Crippen LogP contribution in [-0.4, -0.2) is 93.3 Å². The molecule has 6 aromatic rings. The van der Waals surface area contributed by atoms with E-state index in [-0.39, 0.29) is 30.6 Å². The minimum absolute atomic E-state index is 0. The Morgan fingerprint density at radius 1 is 0.611 bits per heavy atom. The molecule has 2 saturated heterocycles. The van der Waals surface area contributed by atoms with Gasteiger partial charge in [0.05, 0.1) is 22.6 Å². The van der Waals surface area contributed by atoms with Gasteiger partial charge in [0.2, 0.25) is 5.56 Å². The SMILES string of the molecule is Cl.O=c1cc(N2CCN(CCCNc3cc(=O)oc4ccccc34)CC2)c2ccccc2[nH]1.O=c1cc(NCCCN2CCNCC2)c2ccccc2o1.[HH]. The van der Waals surface area contributed by atoms with Gasteiger partial charge in [0.1, 0.15) is 11.2 Å². The van der Waals surface area contributed by atoms with Gasteiger partial charge in [-0.3, -0.25) is 9.69 Å². The van der Waals surface area contributed by atoms with Crippen molar-refractivity contribution in [3.05, 3.63) is 122 Å². The molecular formula is C41H50ClN7O5. The molecule has 0 saturated carbocycles. The zero-order valence-electron chi connectivity index (χ0n) is 30.4. The number of pyridine rings is 1. The van der Waals surface area contributed by atoms with E-state index in [2.05, 4.69) is 41.7 Å². The highest BCUT2D eigenvalue weighted by molar-refractivity contribution is 5.92. The summed E-state index contributed by atoms with van der Waals surface area (Å²) in [4.78, 5) is 45.6. The van der Waals surface area contributed by atoms with Gasteiger partial charge in [-0.15, -0.1) is 12.4 Å². The number of hydrogen-bond acceptors (Lipinski definition) is 11. The third-order valence-electron chi connectivity index (χ3n) is 9.88. The van der Waals surface area contributed by atoms with Crippen LogP contribution < -0.4 is 37.7 Å². The third-order valence-corrected chi connectivity index (χ3v) is 9.88. The van der Waals surface area contributed by atoms with Crippen LogP contribution in [0.1, 0.15) is 14.3 Å². The number of aromatic nitrogens is 1. The van der Waals surface area contributed by atoms with Gasteiger partial charge in [-0.05, 0) is 56.3 Å². The molecule has 5 heterocycles. The molecule has 0 atom stereocenters. The number of halogens is 1. The summed E-state index contributed by atoms with van der Waals surface area (Å²) < 4.78 is 10.4. The number of fused-ring (bicyclic) bond motifs is 3. The molecule has 0 bridgehead atoms. The fourth-order valence-corrected chi connectivity index (χ4v) is 7.16. The maximum absolute atomic E-state index is 12.1. The van der Waals surface area contributed by atoms with E-state index in [1.807, 2.05) is 66.7 Å². The first kappa shape index (κ1) is 38.6. The lowest BCUT2D eigenvalue weighted by molar-refractivity contribution is 0.240. The highest BCUT2D eigenvalue weighted by Gasteiger charge is 2.19. The summed E-state index contributed by atoms with van der Waals surface area (Å²) in [6.07, 6.45) is 2.04. The van der Waals surface area contributed by atoms with E-state index in [4.69, 9.17) is 8.83 Å². The van der Waals surface area contributed by atoms with Crippen LogP contribution in [0.25, 0.3) is 32.8 Å². The number of anilines is 3. The van der Waals surface area contributed by atoms with E-state index in [1.165, 1.54) is 12.1 Å². The molecule has 0 amide bonds. The second kappa shape index (κ2) is 18.8. The molecule has 0 radical (unpaired) electrons. The average Bonchev–Trinajstić information content (AvgIpc) is 3.18. The van der Waals surface area contributed by atoms with Crippen molar-refractivity contribution in [2.24, 2.45) is 0 Å². The number of aromatic amines is 1. The fourth-order valence-electron chi connectivity index (χ4n) is 7.16. The number of benzene rings is 3. The van der Waals surface area contributed by atoms with E-state index < -0.39 is 0 Å². The van der Waals surface area contributed by atoms with Crippen molar-refractivity contribution < 1.29 is 10.3 Å². The van der Waals surface area contributed by atoms with Crippen molar-refractivity contribution in [3.63, 3.8) is 0 Å². The summed E-state index contributed by atoms with van der Waals surface area (Å²) in [5.41, 5.74) is 4.11. The van der Waals surface area contributed by atoms with Crippen LogP contribution in [0, 0.1) is 0 Å². The van der Waals surface area contributed by atoms with Crippen molar-refractivity contribution in [2.75, 3.05) is 94.1 Å². The van der Waals surface area contributed by atoms with Crippen molar-refractivity contribution in [1.29, 1.82) is 0 Å². The van der Waals surface area contributed by atoms with E-state index in [1.54, 1.807) is 6.07 Å². The monoisotopic (exact) mass is 755 g/mol. The first-order valence-electron chi connectivity index (χ1n) is 18.6. The van der Waals surface area contributed by atoms with E-state index >= 15 is 0 Å². The Bertz CT molecular complexity index is 2320. The van der Waals surface area contributed by atoms with Crippen LogP contribution in [0.3, 0.4) is 0 Å². The van der Waals surface area contributed by atoms with E-state index in [0.717, 1.165) is 130 Å². The molecule has 54 heavy (non-hydrogen) atoms. The molecule has 0 unspecified atom stereocenters. The molecule has 4 N–H and O–H groups in total. The first-order chi connectivity index (χ1) is 26.0. The normalized spacial score (nSPS) is 15.1. The molecule has 3 aromatic carbocycles. The van der Waals surface area contributed by atoms with Crippen LogP contribution in [0.4, 0.5) is 17.1 Å². The van der Waals surface area contributed by atoms with Gasteiger partial charge in [0.25, 0.3) is 0 Å². The minimum Gasteiger partial charge on any atom is -0.423 e. The van der Waals surface area contributed by atoms with Gasteiger partial charge < -0.3 is 39.6 Å². The standard InChI is InChI=1S/C25H26N4O3.C16H21N3O2.ClH.H2/c30-24-17-22(18-6-1-3-8-20(18)27-24)29-14-12-28(13-15-29)11-5-10-26-21-16-25(31)32-23-9-4-2-7-19(21)23;20-16-12-14(13-4-1-2-5-15(13)21-16)18-6-3-9-19-10-7-17-8-11-19;;/h1-4,6-9,16-17,26H,5,10-15H2,(H,27,30);1-2,4-5,12,17-18H,3,6-11H2;2*1H. The predicted octanol–water partition coefficient (Wildman–Crippen LogP) is 5.43. The van der Waals surface area contributed by atoms with E-state index in [0.29, 0.717) is 11.2 Å². The van der Waals surface area contributed by atoms with Crippen LogP contribution in [0.15, 0.2) is 114 Å². The summed E-state index contributed by atoms with van der Waals surface area (Å²) in [5, 5.41) is 13.1. The molecular weight excluding hydrogens is 706 g/mol. The summed E-state index contributed by atoms with van der Waals surface area (Å²) >= 11 is 0. The number of rotatable bonds is 11. The summed E-state index contributed by atoms with van der Waals surface area (Å²) in [6, 6.07) is 27.9. The molecule has 2 fully saturated rings. The second-order valence-corrected chi connectivity index (χ2v) is 13.5. The Hall–Kier alpha value is -5.14. The summed E-state index contributed by atoms with van der Waals surface area (Å²) in [7, 11) is 0. The highest BCUT2D eigenvalue weighted by atomic mass is 35.5. The second-order valence-electron chi connectivity index (χ2n) is 13.5. The number of nitrogens with one attached hydrogen (secondary N) is 4. The fraction of sp³-hybridized carbons (Fsp3) is 0.341. The quantitative estimate of drug-likeness (QED) is 0.0996. The molecule has 2 aliphatic rings. The Morgan fingerprint density at radius 2 is 1.11 bits per heavy atom. The molecule has 13 heteroatoms. The van der Waals surface area contributed by atoms with E-state index in [9.17, 15) is 14.4 Å². The van der Waals surface area contributed by atoms with Crippen molar-refractivity contribution >= 4 is 62.3 Å². The molecule has 8 rings (SSSR count). The number of piperazine rings is 2. The largest absolute Gasteiger partial charge is 0.423 e. The Kier molecular flexibility index (Phi) is 13.4. The summed E-state index contributed by atoms with van der Waals surface area (Å²) in [5.74, 6) is 0. The van der Waals surface area contributed by atoms with Gasteiger partial charge >= 0.3 is 11.3 Å². The number of H-pyrrole nitrogens is 1. The number of hydrogen-bond donors (Lipinski definition) is 4. The lowest BCUT2D eigenvalue weighted by atomic mass is 10.1.